The van der Waals surface area contributed by atoms with E-state index in [1.54, 1.807) is 0 Å². The van der Waals surface area contributed by atoms with Crippen LogP contribution in [0.5, 0.6) is 0 Å². The summed E-state index contributed by atoms with van der Waals surface area (Å²) in [5, 5.41) is 3.55. The first-order valence-electron chi connectivity index (χ1n) is 5.02. The molecule has 12 heavy (non-hydrogen) atoms. The van der Waals surface area contributed by atoms with Gasteiger partial charge in [0, 0.05) is 18.5 Å². The first kappa shape index (κ1) is 10.3. The third-order valence-corrected chi connectivity index (χ3v) is 3.35. The van der Waals surface area contributed by atoms with Gasteiger partial charge in [0.15, 0.2) is 0 Å². The van der Waals surface area contributed by atoms with Gasteiger partial charge in [0.2, 0.25) is 0 Å². The second kappa shape index (κ2) is 4.48. The third kappa shape index (κ3) is 2.95. The molecule has 0 spiro atoms. The second-order valence-corrected chi connectivity index (χ2v) is 4.47. The molecule has 1 N–H and O–H groups in total. The zero-order chi connectivity index (χ0) is 9.03. The molecule has 1 aliphatic carbocycles. The van der Waals surface area contributed by atoms with Crippen molar-refractivity contribution in [3.63, 3.8) is 0 Å². The minimum atomic E-state index is 0.476. The van der Waals surface area contributed by atoms with Crippen molar-refractivity contribution in [1.82, 2.24) is 5.32 Å². The Labute approximate surface area is 80.9 Å². The summed E-state index contributed by atoms with van der Waals surface area (Å²) in [4.78, 5) is 0. The maximum atomic E-state index is 5.88. The SMILES string of the molecule is CCCC(C)NCC1(CCl)CC1. The zero-order valence-corrected chi connectivity index (χ0v) is 8.95. The molecule has 0 aliphatic heterocycles. The molecule has 0 heterocycles. The number of hydrogen-bond acceptors (Lipinski definition) is 1. The Morgan fingerprint density at radius 3 is 2.58 bits per heavy atom. The smallest absolute Gasteiger partial charge is 0.0292 e. The van der Waals surface area contributed by atoms with Gasteiger partial charge < -0.3 is 5.32 Å². The predicted octanol–water partition coefficient (Wildman–Crippen LogP) is 2.78. The molecule has 0 aromatic rings. The van der Waals surface area contributed by atoms with Crippen LogP contribution in [0.4, 0.5) is 0 Å². The molecule has 1 fully saturated rings. The summed E-state index contributed by atoms with van der Waals surface area (Å²) in [6, 6.07) is 0.663. The van der Waals surface area contributed by atoms with Crippen LogP contribution in [-0.4, -0.2) is 18.5 Å². The Morgan fingerprint density at radius 2 is 2.17 bits per heavy atom. The van der Waals surface area contributed by atoms with E-state index in [1.165, 1.54) is 25.7 Å². The van der Waals surface area contributed by atoms with Crippen LogP contribution < -0.4 is 5.32 Å². The highest BCUT2D eigenvalue weighted by atomic mass is 35.5. The molecule has 0 saturated heterocycles. The van der Waals surface area contributed by atoms with E-state index in [-0.39, 0.29) is 0 Å². The van der Waals surface area contributed by atoms with E-state index in [2.05, 4.69) is 19.2 Å². The van der Waals surface area contributed by atoms with Crippen molar-refractivity contribution in [2.24, 2.45) is 5.41 Å². The molecule has 2 heteroatoms. The zero-order valence-electron chi connectivity index (χ0n) is 8.20. The molecule has 1 aliphatic rings. The number of halogens is 1. The van der Waals surface area contributed by atoms with E-state index < -0.39 is 0 Å². The molecule has 72 valence electrons. The first-order chi connectivity index (χ1) is 5.72. The monoisotopic (exact) mass is 189 g/mol. The molecule has 1 nitrogen and oxygen atoms in total. The van der Waals surface area contributed by atoms with E-state index >= 15 is 0 Å². The van der Waals surface area contributed by atoms with Gasteiger partial charge in [-0.15, -0.1) is 11.6 Å². The largest absolute Gasteiger partial charge is 0.314 e. The Kier molecular flexibility index (Phi) is 3.85. The quantitative estimate of drug-likeness (QED) is 0.634. The van der Waals surface area contributed by atoms with Crippen LogP contribution in [0.1, 0.15) is 39.5 Å². The molecule has 0 radical (unpaired) electrons. The lowest BCUT2D eigenvalue weighted by Crippen LogP contribution is -2.32. The number of hydrogen-bond donors (Lipinski definition) is 1. The van der Waals surface area contributed by atoms with Crippen molar-refractivity contribution in [3.05, 3.63) is 0 Å². The highest BCUT2D eigenvalue weighted by molar-refractivity contribution is 6.18. The fourth-order valence-corrected chi connectivity index (χ4v) is 1.82. The van der Waals surface area contributed by atoms with Crippen LogP contribution in [0.15, 0.2) is 0 Å². The Bertz CT molecular complexity index is 132. The Morgan fingerprint density at radius 1 is 1.50 bits per heavy atom. The summed E-state index contributed by atoms with van der Waals surface area (Å²) in [6.45, 7) is 5.61. The maximum Gasteiger partial charge on any atom is 0.0292 e. The summed E-state index contributed by atoms with van der Waals surface area (Å²) >= 11 is 5.88. The van der Waals surface area contributed by atoms with Crippen LogP contribution in [0.3, 0.4) is 0 Å². The highest BCUT2D eigenvalue weighted by Crippen LogP contribution is 2.45. The van der Waals surface area contributed by atoms with Crippen molar-refractivity contribution >= 4 is 11.6 Å². The fourth-order valence-electron chi connectivity index (χ4n) is 1.46. The van der Waals surface area contributed by atoms with E-state index in [4.69, 9.17) is 11.6 Å². The molecular formula is C10H20ClN. The Hall–Kier alpha value is 0.250. The van der Waals surface area contributed by atoms with Crippen molar-refractivity contribution in [2.75, 3.05) is 12.4 Å². The summed E-state index contributed by atoms with van der Waals surface area (Å²) < 4.78 is 0. The lowest BCUT2D eigenvalue weighted by molar-refractivity contribution is 0.435. The van der Waals surface area contributed by atoms with Crippen molar-refractivity contribution in [1.29, 1.82) is 0 Å². The fraction of sp³-hybridized carbons (Fsp3) is 1.00. The lowest BCUT2D eigenvalue weighted by Gasteiger charge is -2.17. The van der Waals surface area contributed by atoms with Crippen LogP contribution in [0.2, 0.25) is 0 Å². The van der Waals surface area contributed by atoms with Gasteiger partial charge in [0.1, 0.15) is 0 Å². The summed E-state index contributed by atoms with van der Waals surface area (Å²) in [6.07, 6.45) is 5.19. The van der Waals surface area contributed by atoms with Gasteiger partial charge in [-0.2, -0.15) is 0 Å². The van der Waals surface area contributed by atoms with E-state index in [0.29, 0.717) is 11.5 Å². The highest BCUT2D eigenvalue weighted by Gasteiger charge is 2.41. The summed E-state index contributed by atoms with van der Waals surface area (Å²) in [7, 11) is 0. The molecule has 0 amide bonds. The van der Waals surface area contributed by atoms with Gasteiger partial charge in [-0.1, -0.05) is 13.3 Å². The summed E-state index contributed by atoms with van der Waals surface area (Å²) in [5.41, 5.74) is 0.476. The predicted molar refractivity (Wildman–Crippen MR) is 54.8 cm³/mol. The minimum Gasteiger partial charge on any atom is -0.314 e. The van der Waals surface area contributed by atoms with Gasteiger partial charge in [-0.3, -0.25) is 0 Å². The molecule has 1 atom stereocenters. The molecule has 0 bridgehead atoms. The van der Waals surface area contributed by atoms with Gasteiger partial charge in [0.05, 0.1) is 0 Å². The van der Waals surface area contributed by atoms with E-state index in [9.17, 15) is 0 Å². The van der Waals surface area contributed by atoms with Gasteiger partial charge in [-0.05, 0) is 31.6 Å². The van der Waals surface area contributed by atoms with Crippen LogP contribution in [0, 0.1) is 5.41 Å². The van der Waals surface area contributed by atoms with Crippen molar-refractivity contribution < 1.29 is 0 Å². The number of rotatable bonds is 6. The molecule has 0 aromatic heterocycles. The molecular weight excluding hydrogens is 170 g/mol. The number of alkyl halides is 1. The molecule has 0 aromatic carbocycles. The third-order valence-electron chi connectivity index (χ3n) is 2.79. The van der Waals surface area contributed by atoms with Crippen LogP contribution in [-0.2, 0) is 0 Å². The number of nitrogens with one attached hydrogen (secondary N) is 1. The van der Waals surface area contributed by atoms with E-state index in [1.807, 2.05) is 0 Å². The molecule has 1 unspecified atom stereocenters. The van der Waals surface area contributed by atoms with Crippen molar-refractivity contribution in [3.8, 4) is 0 Å². The van der Waals surface area contributed by atoms with E-state index in [0.717, 1.165) is 12.4 Å². The second-order valence-electron chi connectivity index (χ2n) is 4.20. The molecule has 1 rings (SSSR count). The minimum absolute atomic E-state index is 0.476. The van der Waals surface area contributed by atoms with Gasteiger partial charge in [-0.25, -0.2) is 0 Å². The average Bonchev–Trinajstić information content (AvgIpc) is 2.82. The van der Waals surface area contributed by atoms with Crippen molar-refractivity contribution in [2.45, 2.75) is 45.6 Å². The lowest BCUT2D eigenvalue weighted by atomic mass is 10.1. The van der Waals surface area contributed by atoms with Crippen LogP contribution in [0.25, 0.3) is 0 Å². The normalized spacial score (nSPS) is 22.2. The van der Waals surface area contributed by atoms with Gasteiger partial charge in [0.25, 0.3) is 0 Å². The standard InChI is InChI=1S/C10H20ClN/c1-3-4-9(2)12-8-10(7-11)5-6-10/h9,12H,3-8H2,1-2H3. The maximum absolute atomic E-state index is 5.88. The summed E-state index contributed by atoms with van der Waals surface area (Å²) in [5.74, 6) is 0.832. The van der Waals surface area contributed by atoms with Crippen LogP contribution >= 0.6 is 11.6 Å². The topological polar surface area (TPSA) is 12.0 Å². The average molecular weight is 190 g/mol. The molecule has 1 saturated carbocycles. The first-order valence-corrected chi connectivity index (χ1v) is 5.55. The Balaban J connectivity index is 2.08. The van der Waals surface area contributed by atoms with Gasteiger partial charge >= 0.3 is 0 Å².